The van der Waals surface area contributed by atoms with Gasteiger partial charge in [-0.1, -0.05) is 53.0 Å². The number of thiocyanates is 1. The van der Waals surface area contributed by atoms with Gasteiger partial charge in [-0.25, -0.2) is 0 Å². The van der Waals surface area contributed by atoms with Crippen LogP contribution < -0.4 is 0 Å². The molecule has 0 N–H and O–H groups in total. The Kier molecular flexibility index (Phi) is 4.61. The molecule has 1 aromatic carbocycles. The highest BCUT2D eigenvalue weighted by Crippen LogP contribution is 2.48. The summed E-state index contributed by atoms with van der Waals surface area (Å²) >= 11 is 18.7. The Morgan fingerprint density at radius 3 is 2.33 bits per heavy atom. The molecule has 1 nitrogen and oxygen atoms in total. The highest BCUT2D eigenvalue weighted by atomic mass is 35.5. The minimum atomic E-state index is -1.33. The second-order valence-corrected chi connectivity index (χ2v) is 6.33. The molecule has 15 heavy (non-hydrogen) atoms. The van der Waals surface area contributed by atoms with Gasteiger partial charge in [0, 0.05) is 0 Å². The van der Waals surface area contributed by atoms with Crippen molar-refractivity contribution < 1.29 is 0 Å². The van der Waals surface area contributed by atoms with E-state index in [4.69, 9.17) is 40.1 Å². The predicted molar refractivity (Wildman–Crippen MR) is 67.4 cm³/mol. The first-order chi connectivity index (χ1) is 6.97. The van der Waals surface area contributed by atoms with Gasteiger partial charge >= 0.3 is 0 Å². The van der Waals surface area contributed by atoms with Crippen LogP contribution in [0.25, 0.3) is 0 Å². The van der Waals surface area contributed by atoms with E-state index in [1.165, 1.54) is 0 Å². The molecule has 0 radical (unpaired) electrons. The van der Waals surface area contributed by atoms with Crippen molar-refractivity contribution in [2.24, 2.45) is 0 Å². The van der Waals surface area contributed by atoms with Crippen molar-refractivity contribution >= 4 is 46.6 Å². The monoisotopic (exact) mass is 279 g/mol. The van der Waals surface area contributed by atoms with E-state index < -0.39 is 9.04 Å². The van der Waals surface area contributed by atoms with Gasteiger partial charge in [0.05, 0.1) is 0 Å². The lowest BCUT2D eigenvalue weighted by Crippen LogP contribution is -2.14. The summed E-state index contributed by atoms with van der Waals surface area (Å²) in [5, 5.41) is 9.75. The fourth-order valence-electron chi connectivity index (χ4n) is 1.04. The minimum Gasteiger partial charge on any atom is -0.185 e. The minimum absolute atomic E-state index is 0.619. The normalized spacial score (nSPS) is 13.3. The van der Waals surface area contributed by atoms with Gasteiger partial charge in [-0.2, -0.15) is 5.26 Å². The summed E-state index contributed by atoms with van der Waals surface area (Å²) in [6, 6.07) is 7.55. The van der Waals surface area contributed by atoms with Crippen molar-refractivity contribution in [3.8, 4) is 5.40 Å². The van der Waals surface area contributed by atoms with Crippen molar-refractivity contribution in [3.63, 3.8) is 0 Å². The molecule has 80 valence electrons. The van der Waals surface area contributed by atoms with Gasteiger partial charge in [-0.15, -0.1) is 11.6 Å². The zero-order valence-corrected chi connectivity index (χ0v) is 11.0. The molecule has 1 aromatic rings. The zero-order chi connectivity index (χ0) is 11.5. The molecule has 0 aliphatic heterocycles. The molecule has 1 atom stereocenters. The van der Waals surface area contributed by atoms with Crippen LogP contribution in [0.4, 0.5) is 0 Å². The molecule has 0 heterocycles. The van der Waals surface area contributed by atoms with Gasteiger partial charge in [-0.3, -0.25) is 0 Å². The van der Waals surface area contributed by atoms with E-state index in [2.05, 4.69) is 0 Å². The van der Waals surface area contributed by atoms with Crippen LogP contribution in [0.15, 0.2) is 24.3 Å². The molecular weight excluding hydrogens is 273 g/mol. The average molecular weight is 281 g/mol. The van der Waals surface area contributed by atoms with Crippen molar-refractivity contribution in [2.75, 3.05) is 0 Å². The van der Waals surface area contributed by atoms with E-state index in [0.717, 1.165) is 22.9 Å². The van der Waals surface area contributed by atoms with E-state index in [0.29, 0.717) is 0 Å². The molecule has 0 spiro atoms. The Bertz CT molecular complexity index is 369. The summed E-state index contributed by atoms with van der Waals surface area (Å²) < 4.78 is -1.33. The molecule has 0 saturated heterocycles. The summed E-state index contributed by atoms with van der Waals surface area (Å²) in [7, 11) is 0. The highest BCUT2D eigenvalue weighted by Gasteiger charge is 2.35. The molecule has 0 aliphatic rings. The number of aryl methyl sites for hydroxylation is 1. The van der Waals surface area contributed by atoms with Crippen molar-refractivity contribution in [3.05, 3.63) is 35.4 Å². The lowest BCUT2D eigenvalue weighted by molar-refractivity contribution is 0.985. The molecule has 1 rings (SSSR count). The van der Waals surface area contributed by atoms with Crippen molar-refractivity contribution in [2.45, 2.75) is 16.0 Å². The fourth-order valence-corrected chi connectivity index (χ4v) is 2.14. The Morgan fingerprint density at radius 1 is 1.33 bits per heavy atom. The summed E-state index contributed by atoms with van der Waals surface area (Å²) in [4.78, 5) is 0. The zero-order valence-electron chi connectivity index (χ0n) is 7.88. The first kappa shape index (κ1) is 13.0. The maximum absolute atomic E-state index is 8.53. The third kappa shape index (κ3) is 3.46. The summed E-state index contributed by atoms with van der Waals surface area (Å²) in [5.41, 5.74) is 1.93. The van der Waals surface area contributed by atoms with Gasteiger partial charge in [0.15, 0.2) is 3.67 Å². The van der Waals surface area contributed by atoms with E-state index in [-0.39, 0.29) is 0 Å². The van der Waals surface area contributed by atoms with Gasteiger partial charge in [-0.05, 0) is 24.2 Å². The molecule has 0 bridgehead atoms. The largest absolute Gasteiger partial charge is 0.196 e. The van der Waals surface area contributed by atoms with Gasteiger partial charge < -0.3 is 0 Å². The van der Waals surface area contributed by atoms with E-state index in [9.17, 15) is 0 Å². The molecular formula is C10H8Cl3NS. The van der Waals surface area contributed by atoms with Crippen LogP contribution in [0.5, 0.6) is 0 Å². The maximum Gasteiger partial charge on any atom is 0.196 e. The second kappa shape index (κ2) is 5.32. The van der Waals surface area contributed by atoms with E-state index >= 15 is 0 Å². The van der Waals surface area contributed by atoms with Crippen LogP contribution >= 0.6 is 46.6 Å². The van der Waals surface area contributed by atoms with Crippen LogP contribution in [0.3, 0.4) is 0 Å². The Labute approximate surface area is 108 Å². The summed E-state index contributed by atoms with van der Waals surface area (Å²) in [5.74, 6) is 0. The van der Waals surface area contributed by atoms with Crippen molar-refractivity contribution in [1.29, 1.82) is 5.26 Å². The number of rotatable bonds is 3. The molecule has 0 fully saturated rings. The molecule has 1 unspecified atom stereocenters. The number of alkyl halides is 3. The quantitative estimate of drug-likeness (QED) is 0.596. The number of thioether (sulfide) groups is 1. The number of hydrogen-bond acceptors (Lipinski definition) is 2. The van der Waals surface area contributed by atoms with Gasteiger partial charge in [0.25, 0.3) is 0 Å². The number of nitrogens with zero attached hydrogens (tertiary/aromatic N) is 1. The smallest absolute Gasteiger partial charge is 0.185 e. The third-order valence-electron chi connectivity index (χ3n) is 1.85. The van der Waals surface area contributed by atoms with E-state index in [1.807, 2.05) is 36.6 Å². The van der Waals surface area contributed by atoms with Crippen molar-refractivity contribution in [1.82, 2.24) is 0 Å². The highest BCUT2D eigenvalue weighted by molar-refractivity contribution is 8.07. The maximum atomic E-state index is 8.53. The average Bonchev–Trinajstić information content (AvgIpc) is 2.18. The predicted octanol–water partition coefficient (Wildman–Crippen LogP) is 4.62. The van der Waals surface area contributed by atoms with Gasteiger partial charge in [0.1, 0.15) is 10.8 Å². The SMILES string of the molecule is Cc1ccc(C(Cl)C(Cl)(Cl)SC#N)cc1. The number of nitriles is 1. The number of halogens is 3. The topological polar surface area (TPSA) is 23.8 Å². The number of benzene rings is 1. The van der Waals surface area contributed by atoms with Crippen LogP contribution in [-0.4, -0.2) is 3.67 Å². The summed E-state index contributed by atoms with van der Waals surface area (Å²) in [6.07, 6.45) is 0. The van der Waals surface area contributed by atoms with Crippen LogP contribution in [0.1, 0.15) is 16.5 Å². The second-order valence-electron chi connectivity index (χ2n) is 3.03. The van der Waals surface area contributed by atoms with Gasteiger partial charge in [0.2, 0.25) is 0 Å². The molecule has 5 heteroatoms. The Balaban J connectivity index is 2.89. The standard InChI is InChI=1S/C10H8Cl3NS/c1-7-2-4-8(5-3-7)9(11)10(12,13)15-6-14/h2-5,9H,1H3. The lowest BCUT2D eigenvalue weighted by atomic mass is 10.1. The lowest BCUT2D eigenvalue weighted by Gasteiger charge is -2.21. The van der Waals surface area contributed by atoms with Crippen LogP contribution in [0.2, 0.25) is 0 Å². The van der Waals surface area contributed by atoms with E-state index in [1.54, 1.807) is 0 Å². The Morgan fingerprint density at radius 2 is 1.87 bits per heavy atom. The van der Waals surface area contributed by atoms with Crippen LogP contribution in [0, 0.1) is 17.6 Å². The first-order valence-electron chi connectivity index (χ1n) is 4.13. The third-order valence-corrected chi connectivity index (χ3v) is 4.28. The molecule has 0 aliphatic carbocycles. The molecule has 0 saturated carbocycles. The first-order valence-corrected chi connectivity index (χ1v) is 6.14. The van der Waals surface area contributed by atoms with Crippen LogP contribution in [-0.2, 0) is 0 Å². The Hall–Kier alpha value is -0.0700. The number of hydrogen-bond donors (Lipinski definition) is 0. The molecule has 0 amide bonds. The summed E-state index contributed by atoms with van der Waals surface area (Å²) in [6.45, 7) is 1.98. The fraction of sp³-hybridized carbons (Fsp3) is 0.300. The molecule has 0 aromatic heterocycles.